The number of rotatable bonds is 4. The quantitative estimate of drug-likeness (QED) is 0.746. The first-order valence-electron chi connectivity index (χ1n) is 5.52. The van der Waals surface area contributed by atoms with E-state index in [2.05, 4.69) is 12.2 Å². The molecule has 2 atom stereocenters. The molecule has 1 saturated carbocycles. The molecule has 0 aromatic heterocycles. The Morgan fingerprint density at radius 1 is 1.53 bits per heavy atom. The Kier molecular flexibility index (Phi) is 2.80. The Balaban J connectivity index is 1.95. The number of nitrogens with two attached hydrogens (primary N) is 1. The van der Waals surface area contributed by atoms with Crippen molar-refractivity contribution in [2.75, 3.05) is 11.1 Å². The first-order valence-corrected chi connectivity index (χ1v) is 5.52. The van der Waals surface area contributed by atoms with Gasteiger partial charge in [0, 0.05) is 6.04 Å². The predicted molar refractivity (Wildman–Crippen MR) is 61.2 cm³/mol. The number of nitrogens with one attached hydrogen (secondary N) is 1. The summed E-state index contributed by atoms with van der Waals surface area (Å²) in [5.41, 5.74) is 7.07. The van der Waals surface area contributed by atoms with E-state index in [-0.39, 0.29) is 5.82 Å². The normalized spacial score (nSPS) is 23.9. The fourth-order valence-corrected chi connectivity index (χ4v) is 1.98. The molecule has 1 aliphatic rings. The van der Waals surface area contributed by atoms with Gasteiger partial charge in [0.1, 0.15) is 5.82 Å². The average molecular weight is 208 g/mol. The zero-order chi connectivity index (χ0) is 10.8. The van der Waals surface area contributed by atoms with E-state index >= 15 is 0 Å². The van der Waals surface area contributed by atoms with Crippen molar-refractivity contribution in [1.82, 2.24) is 0 Å². The number of nitrogen functional groups attached to an aromatic ring is 1. The summed E-state index contributed by atoms with van der Waals surface area (Å²) < 4.78 is 12.8. The molecule has 1 fully saturated rings. The maximum atomic E-state index is 12.8. The van der Waals surface area contributed by atoms with Crippen LogP contribution in [-0.2, 0) is 0 Å². The van der Waals surface area contributed by atoms with Gasteiger partial charge in [0.05, 0.1) is 11.4 Å². The zero-order valence-electron chi connectivity index (χ0n) is 8.96. The first-order chi connectivity index (χ1) is 7.20. The first kappa shape index (κ1) is 10.3. The van der Waals surface area contributed by atoms with E-state index in [4.69, 9.17) is 5.73 Å². The number of benzene rings is 1. The highest BCUT2D eigenvalue weighted by Crippen LogP contribution is 2.38. The lowest BCUT2D eigenvalue weighted by Gasteiger charge is -2.08. The summed E-state index contributed by atoms with van der Waals surface area (Å²) >= 11 is 0. The SMILES string of the molecule is CCCC1CC1Nc1ccc(F)cc1N. The predicted octanol–water partition coefficient (Wildman–Crippen LogP) is 3.01. The van der Waals surface area contributed by atoms with Crippen LogP contribution in [0.5, 0.6) is 0 Å². The molecule has 1 aliphatic carbocycles. The van der Waals surface area contributed by atoms with Crippen molar-refractivity contribution in [3.05, 3.63) is 24.0 Å². The van der Waals surface area contributed by atoms with Gasteiger partial charge in [0.25, 0.3) is 0 Å². The van der Waals surface area contributed by atoms with E-state index in [1.54, 1.807) is 6.07 Å². The van der Waals surface area contributed by atoms with Gasteiger partial charge in [0.15, 0.2) is 0 Å². The van der Waals surface area contributed by atoms with Crippen molar-refractivity contribution in [1.29, 1.82) is 0 Å². The fraction of sp³-hybridized carbons (Fsp3) is 0.500. The van der Waals surface area contributed by atoms with E-state index in [0.717, 1.165) is 11.6 Å². The molecule has 2 nitrogen and oxygen atoms in total. The van der Waals surface area contributed by atoms with Crippen molar-refractivity contribution < 1.29 is 4.39 Å². The summed E-state index contributed by atoms with van der Waals surface area (Å²) in [4.78, 5) is 0. The molecule has 0 saturated heterocycles. The molecule has 2 rings (SSSR count). The Labute approximate surface area is 89.7 Å². The van der Waals surface area contributed by atoms with Crippen molar-refractivity contribution in [2.45, 2.75) is 32.2 Å². The summed E-state index contributed by atoms with van der Waals surface area (Å²) in [6.07, 6.45) is 3.70. The average Bonchev–Trinajstić information content (AvgIpc) is 2.90. The summed E-state index contributed by atoms with van der Waals surface area (Å²) in [5.74, 6) is 0.499. The molecule has 0 heterocycles. The highest BCUT2D eigenvalue weighted by Gasteiger charge is 2.36. The van der Waals surface area contributed by atoms with Gasteiger partial charge in [-0.15, -0.1) is 0 Å². The van der Waals surface area contributed by atoms with Crippen LogP contribution < -0.4 is 11.1 Å². The van der Waals surface area contributed by atoms with Crippen LogP contribution >= 0.6 is 0 Å². The molecule has 1 aromatic rings. The maximum absolute atomic E-state index is 12.8. The lowest BCUT2D eigenvalue weighted by atomic mass is 10.2. The van der Waals surface area contributed by atoms with E-state index in [1.165, 1.54) is 31.4 Å². The number of hydrogen-bond acceptors (Lipinski definition) is 2. The number of hydrogen-bond donors (Lipinski definition) is 2. The zero-order valence-corrected chi connectivity index (χ0v) is 8.96. The smallest absolute Gasteiger partial charge is 0.125 e. The van der Waals surface area contributed by atoms with Gasteiger partial charge < -0.3 is 11.1 Å². The molecule has 0 amide bonds. The third-order valence-corrected chi connectivity index (χ3v) is 2.94. The Hall–Kier alpha value is -1.25. The molecule has 0 aliphatic heterocycles. The minimum Gasteiger partial charge on any atom is -0.397 e. The fourth-order valence-electron chi connectivity index (χ4n) is 1.98. The van der Waals surface area contributed by atoms with Crippen LogP contribution in [-0.4, -0.2) is 6.04 Å². The molecule has 3 heteroatoms. The second-order valence-corrected chi connectivity index (χ2v) is 4.27. The largest absolute Gasteiger partial charge is 0.397 e. The van der Waals surface area contributed by atoms with Crippen LogP contribution in [0.4, 0.5) is 15.8 Å². The Morgan fingerprint density at radius 2 is 2.33 bits per heavy atom. The topological polar surface area (TPSA) is 38.0 Å². The van der Waals surface area contributed by atoms with Crippen molar-refractivity contribution in [3.8, 4) is 0 Å². The van der Waals surface area contributed by atoms with Gasteiger partial charge in [-0.1, -0.05) is 13.3 Å². The number of halogens is 1. The third kappa shape index (κ3) is 2.41. The second-order valence-electron chi connectivity index (χ2n) is 4.27. The van der Waals surface area contributed by atoms with Gasteiger partial charge in [-0.25, -0.2) is 4.39 Å². The summed E-state index contributed by atoms with van der Waals surface area (Å²) in [5, 5.41) is 3.35. The van der Waals surface area contributed by atoms with E-state index in [0.29, 0.717) is 11.7 Å². The van der Waals surface area contributed by atoms with Crippen LogP contribution in [0.1, 0.15) is 26.2 Å². The minimum atomic E-state index is -0.279. The highest BCUT2D eigenvalue weighted by molar-refractivity contribution is 5.66. The van der Waals surface area contributed by atoms with Crippen molar-refractivity contribution >= 4 is 11.4 Å². The maximum Gasteiger partial charge on any atom is 0.125 e. The molecule has 3 N–H and O–H groups in total. The lowest BCUT2D eigenvalue weighted by Crippen LogP contribution is -2.07. The molecule has 82 valence electrons. The summed E-state index contributed by atoms with van der Waals surface area (Å²) in [6, 6.07) is 5.05. The highest BCUT2D eigenvalue weighted by atomic mass is 19.1. The molecular weight excluding hydrogens is 191 g/mol. The Morgan fingerprint density at radius 3 is 3.00 bits per heavy atom. The minimum absolute atomic E-state index is 0.279. The molecular formula is C12H17FN2. The van der Waals surface area contributed by atoms with Crippen LogP contribution in [0, 0.1) is 11.7 Å². The Bertz CT molecular complexity index is 351. The monoisotopic (exact) mass is 208 g/mol. The lowest BCUT2D eigenvalue weighted by molar-refractivity contribution is 0.628. The molecule has 0 spiro atoms. The van der Waals surface area contributed by atoms with Crippen molar-refractivity contribution in [3.63, 3.8) is 0 Å². The number of anilines is 2. The molecule has 0 radical (unpaired) electrons. The van der Waals surface area contributed by atoms with Crippen LogP contribution in [0.15, 0.2) is 18.2 Å². The third-order valence-electron chi connectivity index (χ3n) is 2.94. The van der Waals surface area contributed by atoms with E-state index in [1.807, 2.05) is 0 Å². The van der Waals surface area contributed by atoms with Gasteiger partial charge in [-0.05, 0) is 37.0 Å². The van der Waals surface area contributed by atoms with E-state index < -0.39 is 0 Å². The van der Waals surface area contributed by atoms with Gasteiger partial charge in [-0.3, -0.25) is 0 Å². The second kappa shape index (κ2) is 4.09. The molecule has 2 unspecified atom stereocenters. The van der Waals surface area contributed by atoms with E-state index in [9.17, 15) is 4.39 Å². The summed E-state index contributed by atoms with van der Waals surface area (Å²) in [6.45, 7) is 2.20. The summed E-state index contributed by atoms with van der Waals surface area (Å²) in [7, 11) is 0. The molecule has 1 aromatic carbocycles. The van der Waals surface area contributed by atoms with Gasteiger partial charge >= 0.3 is 0 Å². The van der Waals surface area contributed by atoms with Gasteiger partial charge in [0.2, 0.25) is 0 Å². The molecule has 15 heavy (non-hydrogen) atoms. The van der Waals surface area contributed by atoms with Gasteiger partial charge in [-0.2, -0.15) is 0 Å². The van der Waals surface area contributed by atoms with Crippen LogP contribution in [0.3, 0.4) is 0 Å². The van der Waals surface area contributed by atoms with Crippen molar-refractivity contribution in [2.24, 2.45) is 5.92 Å². The molecule has 0 bridgehead atoms. The van der Waals surface area contributed by atoms with Crippen LogP contribution in [0.2, 0.25) is 0 Å². The van der Waals surface area contributed by atoms with Crippen LogP contribution in [0.25, 0.3) is 0 Å². The standard InChI is InChI=1S/C12H17FN2/c1-2-3-8-6-12(8)15-11-5-4-9(13)7-10(11)14/h4-5,7-8,12,15H,2-3,6,14H2,1H3.